The minimum atomic E-state index is 0.959. The average Bonchev–Trinajstić information content (AvgIpc) is 2.33. The summed E-state index contributed by atoms with van der Waals surface area (Å²) in [5, 5.41) is 3.21. The molecule has 64 valence electrons. The van der Waals surface area contributed by atoms with Crippen molar-refractivity contribution >= 4 is 0 Å². The SMILES string of the molecule is Cn1ccnc1CC=C1CNC1. The molecule has 0 radical (unpaired) electrons. The third-order valence-corrected chi connectivity index (χ3v) is 2.20. The summed E-state index contributed by atoms with van der Waals surface area (Å²) >= 11 is 0. The van der Waals surface area contributed by atoms with Crippen molar-refractivity contribution in [3.63, 3.8) is 0 Å². The fraction of sp³-hybridized carbons (Fsp3) is 0.444. The average molecular weight is 163 g/mol. The van der Waals surface area contributed by atoms with Gasteiger partial charge in [-0.05, 0) is 5.57 Å². The Labute approximate surface area is 72.1 Å². The van der Waals surface area contributed by atoms with Crippen LogP contribution in [0, 0.1) is 0 Å². The molecule has 0 amide bonds. The Kier molecular flexibility index (Phi) is 1.96. The van der Waals surface area contributed by atoms with Crippen LogP contribution in [0.15, 0.2) is 24.0 Å². The van der Waals surface area contributed by atoms with Gasteiger partial charge in [-0.3, -0.25) is 0 Å². The molecule has 1 N–H and O–H groups in total. The van der Waals surface area contributed by atoms with Crippen LogP contribution in [0.4, 0.5) is 0 Å². The number of imidazole rings is 1. The summed E-state index contributed by atoms with van der Waals surface area (Å²) in [5.41, 5.74) is 1.50. The second-order valence-electron chi connectivity index (χ2n) is 3.12. The fourth-order valence-electron chi connectivity index (χ4n) is 1.24. The minimum Gasteiger partial charge on any atom is -0.338 e. The number of aryl methyl sites for hydroxylation is 1. The molecule has 0 saturated carbocycles. The van der Waals surface area contributed by atoms with E-state index in [1.165, 1.54) is 5.57 Å². The predicted octanol–water partition coefficient (Wildman–Crippen LogP) is 0.492. The van der Waals surface area contributed by atoms with Gasteiger partial charge in [-0.25, -0.2) is 4.98 Å². The lowest BCUT2D eigenvalue weighted by Crippen LogP contribution is -2.33. The lowest BCUT2D eigenvalue weighted by atomic mass is 10.1. The molecule has 1 aromatic heterocycles. The molecule has 3 nitrogen and oxygen atoms in total. The third kappa shape index (κ3) is 1.41. The first-order valence-corrected chi connectivity index (χ1v) is 4.21. The van der Waals surface area contributed by atoms with E-state index in [-0.39, 0.29) is 0 Å². The van der Waals surface area contributed by atoms with Crippen molar-refractivity contribution in [2.45, 2.75) is 6.42 Å². The largest absolute Gasteiger partial charge is 0.338 e. The number of allylic oxidation sites excluding steroid dienone is 1. The molecule has 1 aromatic rings. The summed E-state index contributed by atoms with van der Waals surface area (Å²) < 4.78 is 2.06. The normalized spacial score (nSPS) is 15.9. The van der Waals surface area contributed by atoms with Gasteiger partial charge in [-0.1, -0.05) is 6.08 Å². The Hall–Kier alpha value is -1.09. The van der Waals surface area contributed by atoms with Crippen LogP contribution >= 0.6 is 0 Å². The Morgan fingerprint density at radius 1 is 1.67 bits per heavy atom. The first-order valence-electron chi connectivity index (χ1n) is 4.21. The summed E-state index contributed by atoms with van der Waals surface area (Å²) in [7, 11) is 2.03. The maximum atomic E-state index is 4.24. The summed E-state index contributed by atoms with van der Waals surface area (Å²) in [6.07, 6.45) is 7.04. The zero-order valence-corrected chi connectivity index (χ0v) is 7.25. The van der Waals surface area contributed by atoms with E-state index in [4.69, 9.17) is 0 Å². The molecule has 0 atom stereocenters. The van der Waals surface area contributed by atoms with Crippen LogP contribution in [0.5, 0.6) is 0 Å². The third-order valence-electron chi connectivity index (χ3n) is 2.20. The molecule has 2 heterocycles. The fourth-order valence-corrected chi connectivity index (χ4v) is 1.24. The second kappa shape index (κ2) is 3.11. The highest BCUT2D eigenvalue weighted by Crippen LogP contribution is 2.03. The Morgan fingerprint density at radius 2 is 2.50 bits per heavy atom. The molecule has 12 heavy (non-hydrogen) atoms. The Bertz CT molecular complexity index is 292. The molecule has 1 aliphatic rings. The first-order chi connectivity index (χ1) is 5.86. The molecule has 0 unspecified atom stereocenters. The highest BCUT2D eigenvalue weighted by atomic mass is 15.0. The van der Waals surface area contributed by atoms with Crippen LogP contribution in [0.1, 0.15) is 5.82 Å². The molecule has 0 bridgehead atoms. The highest BCUT2D eigenvalue weighted by molar-refractivity contribution is 5.16. The molecule has 0 spiro atoms. The van der Waals surface area contributed by atoms with Gasteiger partial charge in [0.2, 0.25) is 0 Å². The van der Waals surface area contributed by atoms with Crippen molar-refractivity contribution < 1.29 is 0 Å². The van der Waals surface area contributed by atoms with Crippen molar-refractivity contribution in [3.05, 3.63) is 29.9 Å². The lowest BCUT2D eigenvalue weighted by Gasteiger charge is -2.18. The van der Waals surface area contributed by atoms with Gasteiger partial charge in [0.15, 0.2) is 0 Å². The summed E-state index contributed by atoms with van der Waals surface area (Å²) in [4.78, 5) is 4.24. The predicted molar refractivity (Wildman–Crippen MR) is 47.9 cm³/mol. The van der Waals surface area contributed by atoms with Crippen LogP contribution in [-0.4, -0.2) is 22.6 Å². The quantitative estimate of drug-likeness (QED) is 0.643. The molecular formula is C9H13N3. The topological polar surface area (TPSA) is 29.9 Å². The number of nitrogens with one attached hydrogen (secondary N) is 1. The number of nitrogens with zero attached hydrogens (tertiary/aromatic N) is 2. The van der Waals surface area contributed by atoms with Gasteiger partial charge in [0.25, 0.3) is 0 Å². The molecule has 0 aliphatic carbocycles. The van der Waals surface area contributed by atoms with E-state index in [1.54, 1.807) is 0 Å². The van der Waals surface area contributed by atoms with Gasteiger partial charge in [0.05, 0.1) is 0 Å². The monoisotopic (exact) mass is 163 g/mol. The second-order valence-corrected chi connectivity index (χ2v) is 3.12. The zero-order valence-electron chi connectivity index (χ0n) is 7.25. The maximum Gasteiger partial charge on any atom is 0.112 e. The molecular weight excluding hydrogens is 150 g/mol. The van der Waals surface area contributed by atoms with Gasteiger partial charge in [-0.2, -0.15) is 0 Å². The van der Waals surface area contributed by atoms with E-state index >= 15 is 0 Å². The Balaban J connectivity index is 1.99. The van der Waals surface area contributed by atoms with Gasteiger partial charge in [0.1, 0.15) is 5.82 Å². The molecule has 1 aliphatic heterocycles. The molecule has 0 aromatic carbocycles. The van der Waals surface area contributed by atoms with Crippen molar-refractivity contribution in [2.75, 3.05) is 13.1 Å². The zero-order chi connectivity index (χ0) is 8.39. The van der Waals surface area contributed by atoms with Crippen molar-refractivity contribution in [1.29, 1.82) is 0 Å². The van der Waals surface area contributed by atoms with Crippen LogP contribution in [0.3, 0.4) is 0 Å². The highest BCUT2D eigenvalue weighted by Gasteiger charge is 2.06. The van der Waals surface area contributed by atoms with Gasteiger partial charge < -0.3 is 9.88 Å². The smallest absolute Gasteiger partial charge is 0.112 e. The van der Waals surface area contributed by atoms with Gasteiger partial charge in [0, 0.05) is 39.0 Å². The van der Waals surface area contributed by atoms with Crippen molar-refractivity contribution in [1.82, 2.24) is 14.9 Å². The van der Waals surface area contributed by atoms with Crippen molar-refractivity contribution in [2.24, 2.45) is 7.05 Å². The number of rotatable bonds is 2. The standard InChI is InChI=1S/C9H13N3/c1-12-5-4-11-9(12)3-2-8-6-10-7-8/h2,4-5,10H,3,6-7H2,1H3. The van der Waals surface area contributed by atoms with Crippen LogP contribution in [-0.2, 0) is 13.5 Å². The van der Waals surface area contributed by atoms with E-state index in [1.807, 2.05) is 19.4 Å². The lowest BCUT2D eigenvalue weighted by molar-refractivity contribution is 0.662. The van der Waals surface area contributed by atoms with E-state index in [2.05, 4.69) is 20.9 Å². The first kappa shape index (κ1) is 7.55. The van der Waals surface area contributed by atoms with E-state index in [0.29, 0.717) is 0 Å². The van der Waals surface area contributed by atoms with Crippen molar-refractivity contribution in [3.8, 4) is 0 Å². The van der Waals surface area contributed by atoms with Crippen LogP contribution in [0.25, 0.3) is 0 Å². The van der Waals surface area contributed by atoms with E-state index < -0.39 is 0 Å². The minimum absolute atomic E-state index is 0.959. The van der Waals surface area contributed by atoms with Gasteiger partial charge in [-0.15, -0.1) is 0 Å². The van der Waals surface area contributed by atoms with E-state index in [0.717, 1.165) is 25.3 Å². The molecule has 2 rings (SSSR count). The maximum absolute atomic E-state index is 4.24. The summed E-state index contributed by atoms with van der Waals surface area (Å²) in [5.74, 6) is 1.13. The number of aromatic nitrogens is 2. The van der Waals surface area contributed by atoms with Crippen LogP contribution in [0.2, 0.25) is 0 Å². The Morgan fingerprint density at radius 3 is 3.00 bits per heavy atom. The molecule has 3 heteroatoms. The number of hydrogen-bond acceptors (Lipinski definition) is 2. The molecule has 1 saturated heterocycles. The van der Waals surface area contributed by atoms with E-state index in [9.17, 15) is 0 Å². The number of hydrogen-bond donors (Lipinski definition) is 1. The van der Waals surface area contributed by atoms with Gasteiger partial charge >= 0.3 is 0 Å². The molecule has 1 fully saturated rings. The summed E-state index contributed by atoms with van der Waals surface area (Å²) in [6, 6.07) is 0. The van der Waals surface area contributed by atoms with Crippen LogP contribution < -0.4 is 5.32 Å². The summed E-state index contributed by atoms with van der Waals surface area (Å²) in [6.45, 7) is 2.12.